The molecule has 3 aromatic carbocycles. The predicted molar refractivity (Wildman–Crippen MR) is 128 cm³/mol. The molecule has 0 aliphatic heterocycles. The number of para-hydroxylation sites is 1. The summed E-state index contributed by atoms with van der Waals surface area (Å²) in [5, 5.41) is 6.55. The zero-order valence-electron chi connectivity index (χ0n) is 16.7. The third kappa shape index (κ3) is 3.18. The fraction of sp³-hybridized carbons (Fsp3) is 0.0800. The van der Waals surface area contributed by atoms with E-state index in [2.05, 4.69) is 71.4 Å². The normalized spacial score (nSPS) is 11.2. The minimum absolute atomic E-state index is 0.689. The highest BCUT2D eigenvalue weighted by Gasteiger charge is 2.21. The lowest BCUT2D eigenvalue weighted by Gasteiger charge is -2.15. The summed E-state index contributed by atoms with van der Waals surface area (Å²) >= 11 is 8.21. The molecule has 0 aliphatic carbocycles. The molecule has 0 fully saturated rings. The van der Waals surface area contributed by atoms with Gasteiger partial charge in [-0.25, -0.2) is 4.98 Å². The van der Waals surface area contributed by atoms with Gasteiger partial charge in [0.1, 0.15) is 11.5 Å². The first-order chi connectivity index (χ1) is 14.6. The Bertz CT molecular complexity index is 1330. The van der Waals surface area contributed by atoms with Crippen molar-refractivity contribution in [2.24, 2.45) is 0 Å². The SMILES string of the molecule is Cc1cccc(C)c1Nc1c(-c2ccccc2Cl)nc2scc(-c3ccccc3)n12. The number of imidazole rings is 1. The Morgan fingerprint density at radius 1 is 0.867 bits per heavy atom. The number of hydrogen-bond donors (Lipinski definition) is 1. The average molecular weight is 430 g/mol. The Hall–Kier alpha value is -3.08. The van der Waals surface area contributed by atoms with Gasteiger partial charge in [0.15, 0.2) is 4.96 Å². The van der Waals surface area contributed by atoms with Crippen LogP contribution in [0.1, 0.15) is 11.1 Å². The topological polar surface area (TPSA) is 29.3 Å². The van der Waals surface area contributed by atoms with E-state index in [0.717, 1.165) is 39.0 Å². The molecule has 0 bridgehead atoms. The van der Waals surface area contributed by atoms with Crippen molar-refractivity contribution >= 4 is 39.4 Å². The predicted octanol–water partition coefficient (Wildman–Crippen LogP) is 7.74. The second-order valence-electron chi connectivity index (χ2n) is 7.29. The van der Waals surface area contributed by atoms with Gasteiger partial charge in [-0.2, -0.15) is 0 Å². The number of thiazole rings is 1. The van der Waals surface area contributed by atoms with Crippen molar-refractivity contribution in [3.05, 3.63) is 94.3 Å². The van der Waals surface area contributed by atoms with Crippen molar-refractivity contribution in [3.8, 4) is 22.5 Å². The molecule has 30 heavy (non-hydrogen) atoms. The van der Waals surface area contributed by atoms with Gasteiger partial charge in [0.25, 0.3) is 0 Å². The van der Waals surface area contributed by atoms with Gasteiger partial charge in [-0.05, 0) is 36.6 Å². The maximum atomic E-state index is 6.57. The summed E-state index contributed by atoms with van der Waals surface area (Å²) in [5.74, 6) is 0.926. The van der Waals surface area contributed by atoms with Gasteiger partial charge in [-0.1, -0.05) is 78.3 Å². The summed E-state index contributed by atoms with van der Waals surface area (Å²) in [5.41, 5.74) is 7.50. The molecule has 0 aliphatic rings. The van der Waals surface area contributed by atoms with Crippen molar-refractivity contribution in [2.45, 2.75) is 13.8 Å². The first-order valence-corrected chi connectivity index (χ1v) is 11.0. The first-order valence-electron chi connectivity index (χ1n) is 9.77. The summed E-state index contributed by atoms with van der Waals surface area (Å²) in [6.07, 6.45) is 0. The van der Waals surface area contributed by atoms with Gasteiger partial charge in [-0.3, -0.25) is 4.40 Å². The quantitative estimate of drug-likeness (QED) is 0.316. The van der Waals surface area contributed by atoms with E-state index in [1.54, 1.807) is 11.3 Å². The van der Waals surface area contributed by atoms with Gasteiger partial charge in [0.05, 0.1) is 10.7 Å². The van der Waals surface area contributed by atoms with Gasteiger partial charge < -0.3 is 5.32 Å². The van der Waals surface area contributed by atoms with Gasteiger partial charge in [-0.15, -0.1) is 11.3 Å². The third-order valence-electron chi connectivity index (χ3n) is 5.29. The zero-order chi connectivity index (χ0) is 20.7. The van der Waals surface area contributed by atoms with E-state index in [-0.39, 0.29) is 0 Å². The van der Waals surface area contributed by atoms with E-state index in [4.69, 9.17) is 16.6 Å². The summed E-state index contributed by atoms with van der Waals surface area (Å²) in [6, 6.07) is 24.6. The maximum Gasteiger partial charge on any atom is 0.196 e. The lowest BCUT2D eigenvalue weighted by Crippen LogP contribution is -2.01. The minimum Gasteiger partial charge on any atom is -0.339 e. The molecule has 5 rings (SSSR count). The van der Waals surface area contributed by atoms with E-state index in [1.165, 1.54) is 11.1 Å². The molecule has 0 amide bonds. The van der Waals surface area contributed by atoms with E-state index in [9.17, 15) is 0 Å². The molecule has 0 saturated carbocycles. The molecule has 0 spiro atoms. The van der Waals surface area contributed by atoms with Crippen molar-refractivity contribution in [2.75, 3.05) is 5.32 Å². The number of aromatic nitrogens is 2. The molecular weight excluding hydrogens is 410 g/mol. The van der Waals surface area contributed by atoms with Crippen LogP contribution in [-0.2, 0) is 0 Å². The number of rotatable bonds is 4. The van der Waals surface area contributed by atoms with Gasteiger partial charge in [0, 0.05) is 16.6 Å². The van der Waals surface area contributed by atoms with E-state index < -0.39 is 0 Å². The van der Waals surface area contributed by atoms with Gasteiger partial charge >= 0.3 is 0 Å². The Balaban J connectivity index is 1.79. The number of hydrogen-bond acceptors (Lipinski definition) is 3. The molecule has 1 N–H and O–H groups in total. The number of halogens is 1. The Labute approximate surface area is 184 Å². The highest BCUT2D eigenvalue weighted by Crippen LogP contribution is 2.40. The van der Waals surface area contributed by atoms with E-state index >= 15 is 0 Å². The van der Waals surface area contributed by atoms with Crippen LogP contribution in [0.4, 0.5) is 11.5 Å². The summed E-state index contributed by atoms with van der Waals surface area (Å²) < 4.78 is 2.20. The maximum absolute atomic E-state index is 6.57. The molecule has 0 saturated heterocycles. The Morgan fingerprint density at radius 2 is 1.57 bits per heavy atom. The summed E-state index contributed by atoms with van der Waals surface area (Å²) in [7, 11) is 0. The largest absolute Gasteiger partial charge is 0.339 e. The number of fused-ring (bicyclic) bond motifs is 1. The van der Waals surface area contributed by atoms with Crippen molar-refractivity contribution in [1.82, 2.24) is 9.38 Å². The molecule has 2 aromatic heterocycles. The monoisotopic (exact) mass is 429 g/mol. The number of benzene rings is 3. The van der Waals surface area contributed by atoms with Crippen LogP contribution in [0.25, 0.3) is 27.5 Å². The second-order valence-corrected chi connectivity index (χ2v) is 8.53. The number of anilines is 2. The van der Waals surface area contributed by atoms with Crippen molar-refractivity contribution in [1.29, 1.82) is 0 Å². The molecule has 2 heterocycles. The highest BCUT2D eigenvalue weighted by molar-refractivity contribution is 7.15. The molecule has 148 valence electrons. The molecule has 5 heteroatoms. The smallest absolute Gasteiger partial charge is 0.196 e. The van der Waals surface area contributed by atoms with Crippen LogP contribution >= 0.6 is 22.9 Å². The molecular formula is C25H20ClN3S. The summed E-state index contributed by atoms with van der Waals surface area (Å²) in [6.45, 7) is 4.24. The number of nitrogens with zero attached hydrogens (tertiary/aromatic N) is 2. The van der Waals surface area contributed by atoms with Crippen LogP contribution in [0.5, 0.6) is 0 Å². The highest BCUT2D eigenvalue weighted by atomic mass is 35.5. The number of aryl methyl sites for hydroxylation is 2. The Kier molecular flexibility index (Phi) is 4.81. The van der Waals surface area contributed by atoms with Crippen LogP contribution in [0, 0.1) is 13.8 Å². The summed E-state index contributed by atoms with van der Waals surface area (Å²) in [4.78, 5) is 5.91. The van der Waals surface area contributed by atoms with E-state index in [1.807, 2.05) is 30.3 Å². The van der Waals surface area contributed by atoms with Crippen LogP contribution < -0.4 is 5.32 Å². The second kappa shape index (κ2) is 7.63. The molecule has 3 nitrogen and oxygen atoms in total. The van der Waals surface area contributed by atoms with E-state index in [0.29, 0.717) is 5.02 Å². The van der Waals surface area contributed by atoms with Crippen molar-refractivity contribution in [3.63, 3.8) is 0 Å². The standard InChI is InChI=1S/C25H20ClN3S/c1-16-9-8-10-17(2)22(16)27-24-23(19-13-6-7-14-20(19)26)28-25-29(24)21(15-30-25)18-11-4-3-5-12-18/h3-15,27H,1-2H3. The molecule has 0 atom stereocenters. The van der Waals surface area contributed by atoms with Gasteiger partial charge in [0.2, 0.25) is 0 Å². The molecule has 0 radical (unpaired) electrons. The molecule has 0 unspecified atom stereocenters. The third-order valence-corrected chi connectivity index (χ3v) is 6.44. The average Bonchev–Trinajstić information content (AvgIpc) is 3.32. The lowest BCUT2D eigenvalue weighted by molar-refractivity contribution is 1.22. The zero-order valence-corrected chi connectivity index (χ0v) is 18.3. The first kappa shape index (κ1) is 18.9. The molecule has 5 aromatic rings. The fourth-order valence-corrected chi connectivity index (χ4v) is 4.88. The van der Waals surface area contributed by atoms with Crippen LogP contribution in [0.3, 0.4) is 0 Å². The number of nitrogens with one attached hydrogen (secondary N) is 1. The van der Waals surface area contributed by atoms with Crippen LogP contribution in [0.2, 0.25) is 5.02 Å². The minimum atomic E-state index is 0.689. The van der Waals surface area contributed by atoms with Crippen LogP contribution in [-0.4, -0.2) is 9.38 Å². The Morgan fingerprint density at radius 3 is 2.30 bits per heavy atom. The van der Waals surface area contributed by atoms with Crippen LogP contribution in [0.15, 0.2) is 78.2 Å². The van der Waals surface area contributed by atoms with Crippen molar-refractivity contribution < 1.29 is 0 Å². The fourth-order valence-electron chi connectivity index (χ4n) is 3.76. The lowest BCUT2D eigenvalue weighted by atomic mass is 10.1.